The Bertz CT molecular complexity index is 1250. The average molecular weight is 573 g/mol. The number of nitrogens with one attached hydrogen (secondary N) is 4. The molecule has 0 atom stereocenters. The maximum atomic E-state index is 13.4. The van der Waals surface area contributed by atoms with E-state index in [4.69, 9.17) is 9.53 Å². The van der Waals surface area contributed by atoms with Crippen molar-refractivity contribution < 1.29 is 32.7 Å². The van der Waals surface area contributed by atoms with Crippen molar-refractivity contribution in [1.29, 1.82) is 0 Å². The molecule has 3 rings (SSSR count). The van der Waals surface area contributed by atoms with Gasteiger partial charge < -0.3 is 20.7 Å². The number of nitrogens with zero attached hydrogens (tertiary/aromatic N) is 4. The topological polar surface area (TPSA) is 207 Å². The summed E-state index contributed by atoms with van der Waals surface area (Å²) in [6.45, 7) is 8.63. The molecule has 0 unspecified atom stereocenters. The largest absolute Gasteiger partial charge is 0.381 e. The van der Waals surface area contributed by atoms with E-state index in [9.17, 15) is 32.8 Å². The minimum atomic E-state index is -0.971. The van der Waals surface area contributed by atoms with Gasteiger partial charge in [0.2, 0.25) is 17.9 Å². The van der Waals surface area contributed by atoms with Crippen LogP contribution in [0, 0.1) is 11.6 Å². The fraction of sp³-hybridized carbons (Fsp3) is 0.478. The van der Waals surface area contributed by atoms with Gasteiger partial charge in [-0.05, 0) is 26.7 Å². The molecule has 0 radical (unpaired) electrons. The Labute approximate surface area is 228 Å². The van der Waals surface area contributed by atoms with E-state index in [1.165, 1.54) is 25.8 Å². The number of carbonyl (C=O) groups excluding carboxylic acids is 4. The maximum Gasteiger partial charge on any atom is 0.358 e. The van der Waals surface area contributed by atoms with E-state index in [0.717, 1.165) is 26.3 Å². The molecular formula is C23H34F2N8O7. The van der Waals surface area contributed by atoms with Crippen molar-refractivity contribution in [2.45, 2.75) is 48.0 Å². The van der Waals surface area contributed by atoms with Gasteiger partial charge in [-0.2, -0.15) is 9.97 Å². The second kappa shape index (κ2) is 21.3. The monoisotopic (exact) mass is 572 g/mol. The first-order valence-electron chi connectivity index (χ1n) is 11.4. The lowest BCUT2D eigenvalue weighted by Gasteiger charge is -2.06. The van der Waals surface area contributed by atoms with E-state index >= 15 is 0 Å². The van der Waals surface area contributed by atoms with E-state index in [-0.39, 0.29) is 13.2 Å². The first-order chi connectivity index (χ1) is 18.5. The average Bonchev–Trinajstić information content (AvgIpc) is 3.45. The molecule has 0 bridgehead atoms. The number of aromatic amines is 1. The molecule has 2 aromatic rings. The Morgan fingerprint density at radius 1 is 1.10 bits per heavy atom. The zero-order chi connectivity index (χ0) is 29.8. The third kappa shape index (κ3) is 16.3. The van der Waals surface area contributed by atoms with Gasteiger partial charge in [0.15, 0.2) is 23.3 Å². The highest BCUT2D eigenvalue weighted by atomic mass is 19.1. The van der Waals surface area contributed by atoms with Crippen molar-refractivity contribution in [3.05, 3.63) is 45.0 Å². The van der Waals surface area contributed by atoms with E-state index in [2.05, 4.69) is 25.6 Å². The quantitative estimate of drug-likeness (QED) is 0.309. The van der Waals surface area contributed by atoms with E-state index < -0.39 is 46.7 Å². The highest BCUT2D eigenvalue weighted by Gasteiger charge is 2.13. The van der Waals surface area contributed by atoms with Crippen LogP contribution in [0.2, 0.25) is 0 Å². The van der Waals surface area contributed by atoms with Crippen LogP contribution in [0.5, 0.6) is 0 Å². The minimum absolute atomic E-state index is 0. The molecule has 4 N–H and O–H groups in total. The molecular weight excluding hydrogens is 538 g/mol. The molecule has 0 aliphatic carbocycles. The standard InChI is InChI=1S/C9H11FN4O3.C6H6FN3O2.C4H8O.C3H5NO.CH4/c1-3-11-8(16)14-4-6(10)7(12-5(2)15)13-9(14)17;1-3(11)9-5-4(7)2-8-6(12)10-5;1-2-4-5-3-1;1-2-4-3-5;/h4H,3H2,1-2H3,(H,11,16)(H,12,13,15,17);2H,1H3,(H2,8,9,10,11,12);1-4H2;2H2,1H3;1H4. The lowest BCUT2D eigenvalue weighted by molar-refractivity contribution is -0.115. The predicted octanol–water partition coefficient (Wildman–Crippen LogP) is 1.56. The number of H-pyrrole nitrogens is 1. The molecule has 1 saturated heterocycles. The van der Waals surface area contributed by atoms with Crippen LogP contribution in [0.1, 0.15) is 48.0 Å². The molecule has 0 aromatic carbocycles. The summed E-state index contributed by atoms with van der Waals surface area (Å²) in [6, 6.07) is -0.779. The van der Waals surface area contributed by atoms with Crippen molar-refractivity contribution in [3.63, 3.8) is 0 Å². The van der Waals surface area contributed by atoms with Gasteiger partial charge >= 0.3 is 17.4 Å². The Balaban J connectivity index is 0. The van der Waals surface area contributed by atoms with E-state index in [1.807, 2.05) is 10.3 Å². The van der Waals surface area contributed by atoms with Crippen LogP contribution in [-0.4, -0.2) is 69.7 Å². The predicted molar refractivity (Wildman–Crippen MR) is 142 cm³/mol. The van der Waals surface area contributed by atoms with Gasteiger partial charge in [-0.3, -0.25) is 14.6 Å². The molecule has 1 aliphatic rings. The number of aromatic nitrogens is 4. The number of carbonyl (C=O) groups is 3. The van der Waals surface area contributed by atoms with Crippen LogP contribution in [0.15, 0.2) is 27.0 Å². The molecule has 1 fully saturated rings. The molecule has 2 aromatic heterocycles. The lowest BCUT2D eigenvalue weighted by atomic mass is 10.4. The number of hydrogen-bond acceptors (Lipinski definition) is 10. The Hall–Kier alpha value is -4.63. The van der Waals surface area contributed by atoms with Gasteiger partial charge in [-0.25, -0.2) is 37.5 Å². The summed E-state index contributed by atoms with van der Waals surface area (Å²) in [7, 11) is 0. The van der Waals surface area contributed by atoms with Crippen LogP contribution in [-0.2, 0) is 19.1 Å². The zero-order valence-corrected chi connectivity index (χ0v) is 21.8. The molecule has 17 heteroatoms. The van der Waals surface area contributed by atoms with Crippen LogP contribution in [0.25, 0.3) is 0 Å². The summed E-state index contributed by atoms with van der Waals surface area (Å²) < 4.78 is 31.5. The fourth-order valence-corrected chi connectivity index (χ4v) is 2.29. The Morgan fingerprint density at radius 2 is 1.70 bits per heavy atom. The third-order valence-corrected chi connectivity index (χ3v) is 3.84. The fourth-order valence-electron chi connectivity index (χ4n) is 2.29. The van der Waals surface area contributed by atoms with Gasteiger partial charge in [0.25, 0.3) is 0 Å². The summed E-state index contributed by atoms with van der Waals surface area (Å²) >= 11 is 0. The van der Waals surface area contributed by atoms with Gasteiger partial charge in [0.1, 0.15) is 0 Å². The number of halogens is 2. The second-order valence-corrected chi connectivity index (χ2v) is 7.08. The highest BCUT2D eigenvalue weighted by Crippen LogP contribution is 2.06. The van der Waals surface area contributed by atoms with Crippen LogP contribution < -0.4 is 27.3 Å². The molecule has 40 heavy (non-hydrogen) atoms. The first kappa shape index (κ1) is 37.5. The summed E-state index contributed by atoms with van der Waals surface area (Å²) in [5, 5.41) is 6.47. The molecule has 222 valence electrons. The molecule has 1 aliphatic heterocycles. The molecule has 15 nitrogen and oxygen atoms in total. The van der Waals surface area contributed by atoms with Crippen molar-refractivity contribution in [2.24, 2.45) is 4.99 Å². The summed E-state index contributed by atoms with van der Waals surface area (Å²) in [6.07, 6.45) is 5.36. The third-order valence-electron chi connectivity index (χ3n) is 3.84. The number of rotatable bonds is 4. The number of aliphatic imine (C=N–C) groups is 1. The molecule has 3 amide bonds. The van der Waals surface area contributed by atoms with Gasteiger partial charge in [-0.1, -0.05) is 7.43 Å². The normalized spacial score (nSPS) is 10.8. The number of hydrogen-bond donors (Lipinski definition) is 4. The van der Waals surface area contributed by atoms with Crippen LogP contribution >= 0.6 is 0 Å². The number of anilines is 2. The van der Waals surface area contributed by atoms with Crippen molar-refractivity contribution >= 4 is 35.6 Å². The molecule has 0 saturated carbocycles. The molecule has 3 heterocycles. The smallest absolute Gasteiger partial charge is 0.358 e. The number of amides is 3. The SMILES string of the molecule is C.C1CCOC1.CC(=O)Nc1[nH]c(=O)ncc1F.CCN=C=O.CCNC(=O)n1cc(F)c(NC(C)=O)nc1=O. The van der Waals surface area contributed by atoms with Crippen molar-refractivity contribution in [2.75, 3.05) is 36.9 Å². The minimum Gasteiger partial charge on any atom is -0.381 e. The Morgan fingerprint density at radius 3 is 2.12 bits per heavy atom. The van der Waals surface area contributed by atoms with Crippen molar-refractivity contribution in [1.82, 2.24) is 24.8 Å². The first-order valence-corrected chi connectivity index (χ1v) is 11.4. The van der Waals surface area contributed by atoms with E-state index in [0.29, 0.717) is 23.9 Å². The molecule has 0 spiro atoms. The summed E-state index contributed by atoms with van der Waals surface area (Å²) in [5.74, 6) is -3.52. The van der Waals surface area contributed by atoms with Crippen molar-refractivity contribution in [3.8, 4) is 0 Å². The van der Waals surface area contributed by atoms with Gasteiger partial charge in [0.05, 0.1) is 12.4 Å². The zero-order valence-electron chi connectivity index (χ0n) is 21.8. The highest BCUT2D eigenvalue weighted by molar-refractivity contribution is 5.88. The van der Waals surface area contributed by atoms with Crippen LogP contribution in [0.4, 0.5) is 25.2 Å². The number of isocyanates is 1. The summed E-state index contributed by atoms with van der Waals surface area (Å²) in [5.41, 5.74) is -1.68. The lowest BCUT2D eigenvalue weighted by Crippen LogP contribution is -2.37. The van der Waals surface area contributed by atoms with E-state index in [1.54, 1.807) is 13.8 Å². The second-order valence-electron chi connectivity index (χ2n) is 7.08. The Kier molecular flexibility index (Phi) is 20.0. The maximum absolute atomic E-state index is 13.4. The van der Waals surface area contributed by atoms with Gasteiger partial charge in [-0.15, -0.1) is 0 Å². The van der Waals surface area contributed by atoms with Gasteiger partial charge in [0, 0.05) is 40.2 Å². The summed E-state index contributed by atoms with van der Waals surface area (Å²) in [4.78, 5) is 75.0. The number of ether oxygens (including phenoxy) is 1. The van der Waals surface area contributed by atoms with Crippen LogP contribution in [0.3, 0.4) is 0 Å².